The van der Waals surface area contributed by atoms with E-state index in [2.05, 4.69) is 10.2 Å². The first kappa shape index (κ1) is 20.1. The molecule has 0 spiro atoms. The van der Waals surface area contributed by atoms with E-state index in [0.29, 0.717) is 32.2 Å². The van der Waals surface area contributed by atoms with E-state index in [4.69, 9.17) is 9.15 Å². The van der Waals surface area contributed by atoms with Crippen LogP contribution in [0.5, 0.6) is 0 Å². The lowest BCUT2D eigenvalue weighted by Crippen LogP contribution is -2.29. The van der Waals surface area contributed by atoms with E-state index in [1.54, 1.807) is 43.3 Å². The molecular weight excluding hydrogens is 430 g/mol. The molecular formula is C23H17N3O5S. The van der Waals surface area contributed by atoms with Crippen LogP contribution in [-0.4, -0.2) is 29.2 Å². The molecule has 0 unspecified atom stereocenters. The number of hydrogen-bond acceptors (Lipinski definition) is 8. The van der Waals surface area contributed by atoms with Gasteiger partial charge in [-0.1, -0.05) is 35.1 Å². The van der Waals surface area contributed by atoms with Crippen molar-refractivity contribution in [2.45, 2.75) is 19.9 Å². The molecule has 0 radical (unpaired) electrons. The lowest BCUT2D eigenvalue weighted by molar-refractivity contribution is 0.0600. The molecule has 2 aromatic heterocycles. The molecule has 32 heavy (non-hydrogen) atoms. The van der Waals surface area contributed by atoms with E-state index < -0.39 is 17.9 Å². The fourth-order valence-corrected chi connectivity index (χ4v) is 4.62. The van der Waals surface area contributed by atoms with Gasteiger partial charge in [-0.3, -0.25) is 14.5 Å². The summed E-state index contributed by atoms with van der Waals surface area (Å²) in [5.41, 5.74) is 2.22. The molecule has 9 heteroatoms. The Morgan fingerprint density at radius 3 is 2.50 bits per heavy atom. The van der Waals surface area contributed by atoms with Gasteiger partial charge in [-0.2, -0.15) is 0 Å². The molecule has 1 aliphatic rings. The average Bonchev–Trinajstić information content (AvgIpc) is 3.35. The number of carbonyl (C=O) groups is 2. The van der Waals surface area contributed by atoms with Crippen LogP contribution < -0.4 is 10.3 Å². The lowest BCUT2D eigenvalue weighted by atomic mass is 9.97. The summed E-state index contributed by atoms with van der Waals surface area (Å²) in [4.78, 5) is 40.3. The number of ether oxygens (including phenoxy) is 1. The van der Waals surface area contributed by atoms with E-state index in [9.17, 15) is 14.4 Å². The summed E-state index contributed by atoms with van der Waals surface area (Å²) >= 11 is 1.25. The first-order chi connectivity index (χ1) is 15.4. The maximum atomic E-state index is 13.6. The number of aromatic nitrogens is 2. The molecule has 0 bridgehead atoms. The Morgan fingerprint density at radius 1 is 1.09 bits per heavy atom. The summed E-state index contributed by atoms with van der Waals surface area (Å²) < 4.78 is 10.7. The minimum atomic E-state index is -0.766. The minimum absolute atomic E-state index is 0.0127. The van der Waals surface area contributed by atoms with Gasteiger partial charge in [0.05, 0.1) is 29.7 Å². The van der Waals surface area contributed by atoms with Gasteiger partial charge in [-0.05, 0) is 43.7 Å². The van der Waals surface area contributed by atoms with Crippen LogP contribution in [0.25, 0.3) is 11.0 Å². The molecule has 1 aliphatic heterocycles. The van der Waals surface area contributed by atoms with Crippen LogP contribution in [0.1, 0.15) is 48.7 Å². The number of anilines is 1. The molecule has 4 aromatic rings. The van der Waals surface area contributed by atoms with Crippen molar-refractivity contribution >= 4 is 39.3 Å². The van der Waals surface area contributed by atoms with Crippen molar-refractivity contribution in [2.75, 3.05) is 12.0 Å². The number of carbonyl (C=O) groups excluding carboxylic acids is 2. The average molecular weight is 447 g/mol. The van der Waals surface area contributed by atoms with Crippen molar-refractivity contribution < 1.29 is 18.7 Å². The second-order valence-electron chi connectivity index (χ2n) is 7.47. The molecule has 1 amide bonds. The number of methoxy groups -OCH3 is 1. The zero-order chi connectivity index (χ0) is 22.6. The van der Waals surface area contributed by atoms with Crippen molar-refractivity contribution in [3.63, 3.8) is 0 Å². The van der Waals surface area contributed by atoms with E-state index in [0.717, 1.165) is 5.56 Å². The fraction of sp³-hybridized carbons (Fsp3) is 0.174. The van der Waals surface area contributed by atoms with Gasteiger partial charge >= 0.3 is 5.97 Å². The predicted octanol–water partition coefficient (Wildman–Crippen LogP) is 3.80. The minimum Gasteiger partial charge on any atom is -0.465 e. The number of fused-ring (bicyclic) bond motifs is 2. The van der Waals surface area contributed by atoms with Gasteiger partial charge in [0, 0.05) is 0 Å². The highest BCUT2D eigenvalue weighted by molar-refractivity contribution is 7.15. The molecule has 5 rings (SSSR count). The number of benzene rings is 2. The number of hydrogen-bond donors (Lipinski definition) is 0. The molecule has 0 fully saturated rings. The third-order valence-electron chi connectivity index (χ3n) is 5.39. The Bertz CT molecular complexity index is 1460. The highest BCUT2D eigenvalue weighted by Gasteiger charge is 2.45. The molecule has 0 saturated heterocycles. The maximum Gasteiger partial charge on any atom is 0.337 e. The van der Waals surface area contributed by atoms with Crippen molar-refractivity contribution in [3.05, 3.63) is 85.7 Å². The topological polar surface area (TPSA) is 103 Å². The number of amides is 1. The summed E-state index contributed by atoms with van der Waals surface area (Å²) in [6, 6.07) is 11.1. The standard InChI is InChI=1S/C23H17N3O5S/c1-11-4-9-16-15(10-11)19(27)17-18(13-5-7-14(8-6-13)22(29)30-3)26(21(28)20(17)31-16)23-25-24-12(2)32-23/h4-10,18H,1-3H3/t18-/m1/s1. The highest BCUT2D eigenvalue weighted by Crippen LogP contribution is 2.42. The summed E-state index contributed by atoms with van der Waals surface area (Å²) in [5.74, 6) is -0.948. The Kier molecular flexibility index (Phi) is 4.63. The Morgan fingerprint density at radius 2 is 1.84 bits per heavy atom. The Labute approximate surface area is 186 Å². The van der Waals surface area contributed by atoms with Crippen LogP contribution in [0.2, 0.25) is 0 Å². The molecule has 8 nitrogen and oxygen atoms in total. The first-order valence-corrected chi connectivity index (χ1v) is 10.6. The van der Waals surface area contributed by atoms with Gasteiger partial charge in [0.15, 0.2) is 5.43 Å². The Hall–Kier alpha value is -3.85. The molecule has 2 aromatic carbocycles. The molecule has 3 heterocycles. The third kappa shape index (κ3) is 3.01. The smallest absolute Gasteiger partial charge is 0.337 e. The Balaban J connectivity index is 1.76. The van der Waals surface area contributed by atoms with Gasteiger partial charge in [0.1, 0.15) is 10.6 Å². The quantitative estimate of drug-likeness (QED) is 0.440. The second kappa shape index (κ2) is 7.38. The van der Waals surface area contributed by atoms with Gasteiger partial charge in [0.2, 0.25) is 10.9 Å². The number of aryl methyl sites for hydroxylation is 2. The summed E-state index contributed by atoms with van der Waals surface area (Å²) in [7, 11) is 1.31. The molecule has 0 saturated carbocycles. The summed E-state index contributed by atoms with van der Waals surface area (Å²) in [5, 5.41) is 9.62. The highest BCUT2D eigenvalue weighted by atomic mass is 32.1. The van der Waals surface area contributed by atoms with Crippen molar-refractivity contribution in [1.82, 2.24) is 10.2 Å². The maximum absolute atomic E-state index is 13.6. The number of nitrogens with zero attached hydrogens (tertiary/aromatic N) is 3. The van der Waals surface area contributed by atoms with Crippen LogP contribution in [0, 0.1) is 13.8 Å². The summed E-state index contributed by atoms with van der Waals surface area (Å²) in [6.45, 7) is 3.67. The van der Waals surface area contributed by atoms with Crippen LogP contribution in [-0.2, 0) is 4.74 Å². The zero-order valence-electron chi connectivity index (χ0n) is 17.4. The van der Waals surface area contributed by atoms with Crippen LogP contribution in [0.4, 0.5) is 5.13 Å². The van der Waals surface area contributed by atoms with Crippen LogP contribution in [0.15, 0.2) is 51.7 Å². The van der Waals surface area contributed by atoms with Gasteiger partial charge in [0.25, 0.3) is 5.91 Å². The lowest BCUT2D eigenvalue weighted by Gasteiger charge is -2.22. The van der Waals surface area contributed by atoms with Crippen molar-refractivity contribution in [1.29, 1.82) is 0 Å². The van der Waals surface area contributed by atoms with Gasteiger partial charge in [-0.25, -0.2) is 4.79 Å². The van der Waals surface area contributed by atoms with Crippen LogP contribution in [0.3, 0.4) is 0 Å². The number of rotatable bonds is 3. The van der Waals surface area contributed by atoms with E-state index in [1.165, 1.54) is 23.3 Å². The van der Waals surface area contributed by atoms with Gasteiger partial charge < -0.3 is 9.15 Å². The SMILES string of the molecule is COC(=O)c1ccc([C@@H]2c3c(oc4ccc(C)cc4c3=O)C(=O)N2c2nnc(C)s2)cc1. The predicted molar refractivity (Wildman–Crippen MR) is 118 cm³/mol. The van der Waals surface area contributed by atoms with Crippen molar-refractivity contribution in [3.8, 4) is 0 Å². The van der Waals surface area contributed by atoms with Gasteiger partial charge in [-0.15, -0.1) is 10.2 Å². The van der Waals surface area contributed by atoms with Crippen molar-refractivity contribution in [2.24, 2.45) is 0 Å². The third-order valence-corrected chi connectivity index (χ3v) is 6.23. The summed E-state index contributed by atoms with van der Waals surface area (Å²) in [6.07, 6.45) is 0. The second-order valence-corrected chi connectivity index (χ2v) is 8.63. The fourth-order valence-electron chi connectivity index (χ4n) is 3.90. The molecule has 0 aliphatic carbocycles. The van der Waals surface area contributed by atoms with E-state index in [-0.39, 0.29) is 16.8 Å². The normalized spacial score (nSPS) is 15.3. The monoisotopic (exact) mass is 447 g/mol. The molecule has 0 N–H and O–H groups in total. The number of esters is 1. The largest absolute Gasteiger partial charge is 0.465 e. The molecule has 1 atom stereocenters. The molecule has 160 valence electrons. The first-order valence-electron chi connectivity index (χ1n) is 9.78. The van der Waals surface area contributed by atoms with E-state index >= 15 is 0 Å². The van der Waals surface area contributed by atoms with E-state index in [1.807, 2.05) is 13.0 Å². The van der Waals surface area contributed by atoms with Crippen LogP contribution >= 0.6 is 11.3 Å². The zero-order valence-corrected chi connectivity index (χ0v) is 18.2.